The van der Waals surface area contributed by atoms with E-state index in [1.54, 1.807) is 37.6 Å². The number of rotatable bonds is 6. The lowest BCUT2D eigenvalue weighted by atomic mass is 10.2. The second-order valence-corrected chi connectivity index (χ2v) is 6.12. The minimum absolute atomic E-state index is 0.457. The number of methoxy groups -OCH3 is 1. The Labute approximate surface area is 156 Å². The standard InChI is InChI=1S/C18H16Cl2N4O/c1-25-16-4-2-12(3-5-16)11-22-17-6-7-21-18(24-17)23-15-9-13(19)8-14(20)10-15/h2-10H,11H2,1H3,(H2,21,22,23,24). The molecule has 5 nitrogen and oxygen atoms in total. The molecule has 0 atom stereocenters. The van der Waals surface area contributed by atoms with Gasteiger partial charge in [-0.15, -0.1) is 0 Å². The van der Waals surface area contributed by atoms with Gasteiger partial charge < -0.3 is 15.4 Å². The quantitative estimate of drug-likeness (QED) is 0.624. The fourth-order valence-electron chi connectivity index (χ4n) is 2.21. The lowest BCUT2D eigenvalue weighted by Gasteiger charge is -2.09. The average Bonchev–Trinajstić information content (AvgIpc) is 2.60. The van der Waals surface area contributed by atoms with Gasteiger partial charge in [0.25, 0.3) is 0 Å². The van der Waals surface area contributed by atoms with Crippen LogP contribution in [0.25, 0.3) is 0 Å². The zero-order valence-electron chi connectivity index (χ0n) is 13.5. The summed E-state index contributed by atoms with van der Waals surface area (Å²) in [5.74, 6) is 2.00. The molecule has 0 unspecified atom stereocenters. The third kappa shape index (κ3) is 4.98. The van der Waals surface area contributed by atoms with Crippen LogP contribution in [-0.4, -0.2) is 17.1 Å². The number of hydrogen-bond acceptors (Lipinski definition) is 5. The Balaban J connectivity index is 1.66. The predicted molar refractivity (Wildman–Crippen MR) is 102 cm³/mol. The maximum absolute atomic E-state index is 6.00. The molecule has 0 aliphatic rings. The summed E-state index contributed by atoms with van der Waals surface area (Å²) in [6.45, 7) is 0.642. The largest absolute Gasteiger partial charge is 0.497 e. The summed E-state index contributed by atoms with van der Waals surface area (Å²) in [6, 6.07) is 14.8. The highest BCUT2D eigenvalue weighted by Gasteiger charge is 2.03. The zero-order chi connectivity index (χ0) is 17.6. The SMILES string of the molecule is COc1ccc(CNc2ccnc(Nc3cc(Cl)cc(Cl)c3)n2)cc1. The van der Waals surface area contributed by atoms with E-state index in [-0.39, 0.29) is 0 Å². The molecule has 0 fully saturated rings. The Hall–Kier alpha value is -2.50. The number of halogens is 2. The van der Waals surface area contributed by atoms with Crippen LogP contribution in [0.4, 0.5) is 17.5 Å². The van der Waals surface area contributed by atoms with Crippen molar-refractivity contribution in [1.82, 2.24) is 9.97 Å². The summed E-state index contributed by atoms with van der Waals surface area (Å²) in [5, 5.41) is 7.45. The number of nitrogens with zero attached hydrogens (tertiary/aromatic N) is 2. The van der Waals surface area contributed by atoms with Crippen molar-refractivity contribution in [2.75, 3.05) is 17.7 Å². The summed E-state index contributed by atoms with van der Waals surface area (Å²) < 4.78 is 5.15. The molecular weight excluding hydrogens is 359 g/mol. The van der Waals surface area contributed by atoms with Crippen LogP contribution in [0, 0.1) is 0 Å². The molecule has 0 saturated heterocycles. The van der Waals surface area contributed by atoms with Crippen molar-refractivity contribution in [3.05, 3.63) is 70.3 Å². The van der Waals surface area contributed by atoms with Gasteiger partial charge in [-0.05, 0) is 42.0 Å². The number of hydrogen-bond donors (Lipinski definition) is 2. The van der Waals surface area contributed by atoms with Crippen molar-refractivity contribution >= 4 is 40.7 Å². The molecule has 25 heavy (non-hydrogen) atoms. The van der Waals surface area contributed by atoms with E-state index in [4.69, 9.17) is 27.9 Å². The van der Waals surface area contributed by atoms with Crippen LogP contribution in [0.1, 0.15) is 5.56 Å². The van der Waals surface area contributed by atoms with Crippen LogP contribution in [0.5, 0.6) is 5.75 Å². The number of benzene rings is 2. The summed E-state index contributed by atoms with van der Waals surface area (Å²) in [7, 11) is 1.65. The summed E-state index contributed by atoms with van der Waals surface area (Å²) in [4.78, 5) is 8.64. The van der Waals surface area contributed by atoms with Gasteiger partial charge in [0, 0.05) is 28.5 Å². The first-order valence-corrected chi connectivity index (χ1v) is 8.31. The van der Waals surface area contributed by atoms with Crippen LogP contribution in [0.15, 0.2) is 54.7 Å². The van der Waals surface area contributed by atoms with E-state index < -0.39 is 0 Å². The van der Waals surface area contributed by atoms with Gasteiger partial charge >= 0.3 is 0 Å². The first kappa shape index (κ1) is 17.3. The smallest absolute Gasteiger partial charge is 0.229 e. The Morgan fingerprint density at radius 3 is 2.40 bits per heavy atom. The maximum atomic E-state index is 6.00. The molecule has 0 aliphatic heterocycles. The monoisotopic (exact) mass is 374 g/mol. The molecular formula is C18H16Cl2N4O. The van der Waals surface area contributed by atoms with Crippen molar-refractivity contribution in [3.63, 3.8) is 0 Å². The molecule has 0 aliphatic carbocycles. The topological polar surface area (TPSA) is 59.1 Å². The minimum atomic E-state index is 0.457. The average molecular weight is 375 g/mol. The number of aromatic nitrogens is 2. The lowest BCUT2D eigenvalue weighted by molar-refractivity contribution is 0.414. The first-order valence-electron chi connectivity index (χ1n) is 7.55. The van der Waals surface area contributed by atoms with E-state index >= 15 is 0 Å². The fourth-order valence-corrected chi connectivity index (χ4v) is 2.73. The van der Waals surface area contributed by atoms with E-state index in [1.807, 2.05) is 24.3 Å². The minimum Gasteiger partial charge on any atom is -0.497 e. The second-order valence-electron chi connectivity index (χ2n) is 5.25. The molecule has 0 spiro atoms. The molecule has 0 bridgehead atoms. The fraction of sp³-hybridized carbons (Fsp3) is 0.111. The van der Waals surface area contributed by atoms with Crippen molar-refractivity contribution in [1.29, 1.82) is 0 Å². The van der Waals surface area contributed by atoms with Gasteiger partial charge in [-0.3, -0.25) is 0 Å². The molecule has 1 heterocycles. The molecule has 2 N–H and O–H groups in total. The molecule has 3 rings (SSSR count). The van der Waals surface area contributed by atoms with Gasteiger partial charge in [0.15, 0.2) is 0 Å². The van der Waals surface area contributed by atoms with Crippen LogP contribution < -0.4 is 15.4 Å². The van der Waals surface area contributed by atoms with Crippen molar-refractivity contribution in [3.8, 4) is 5.75 Å². The van der Waals surface area contributed by atoms with E-state index in [0.717, 1.165) is 17.0 Å². The highest BCUT2D eigenvalue weighted by molar-refractivity contribution is 6.35. The Kier molecular flexibility index (Phi) is 5.58. The molecule has 3 aromatic rings. The highest BCUT2D eigenvalue weighted by atomic mass is 35.5. The second kappa shape index (κ2) is 8.05. The van der Waals surface area contributed by atoms with E-state index in [0.29, 0.717) is 28.4 Å². The van der Waals surface area contributed by atoms with Gasteiger partial charge in [-0.2, -0.15) is 4.98 Å². The summed E-state index contributed by atoms with van der Waals surface area (Å²) >= 11 is 12.0. The molecule has 128 valence electrons. The molecule has 0 amide bonds. The van der Waals surface area contributed by atoms with E-state index in [2.05, 4.69) is 20.6 Å². The van der Waals surface area contributed by atoms with E-state index in [1.165, 1.54) is 0 Å². The zero-order valence-corrected chi connectivity index (χ0v) is 15.0. The van der Waals surface area contributed by atoms with Crippen LogP contribution >= 0.6 is 23.2 Å². The van der Waals surface area contributed by atoms with Crippen molar-refractivity contribution < 1.29 is 4.74 Å². The van der Waals surface area contributed by atoms with Gasteiger partial charge in [0.05, 0.1) is 7.11 Å². The first-order chi connectivity index (χ1) is 12.1. The Morgan fingerprint density at radius 1 is 1.00 bits per heavy atom. The predicted octanol–water partition coefficient (Wildman–Crippen LogP) is 5.15. The summed E-state index contributed by atoms with van der Waals surface area (Å²) in [6.07, 6.45) is 1.68. The van der Waals surface area contributed by atoms with Gasteiger partial charge in [-0.25, -0.2) is 4.98 Å². The third-order valence-electron chi connectivity index (χ3n) is 3.41. The van der Waals surface area contributed by atoms with Crippen molar-refractivity contribution in [2.45, 2.75) is 6.54 Å². The van der Waals surface area contributed by atoms with Gasteiger partial charge in [-0.1, -0.05) is 35.3 Å². The van der Waals surface area contributed by atoms with E-state index in [9.17, 15) is 0 Å². The molecule has 2 aromatic carbocycles. The van der Waals surface area contributed by atoms with Crippen LogP contribution in [0.2, 0.25) is 10.0 Å². The highest BCUT2D eigenvalue weighted by Crippen LogP contribution is 2.24. The Morgan fingerprint density at radius 2 is 1.72 bits per heavy atom. The molecule has 0 saturated carbocycles. The van der Waals surface area contributed by atoms with Crippen LogP contribution in [-0.2, 0) is 6.54 Å². The molecule has 7 heteroatoms. The number of nitrogens with one attached hydrogen (secondary N) is 2. The van der Waals surface area contributed by atoms with Gasteiger partial charge in [0.1, 0.15) is 11.6 Å². The summed E-state index contributed by atoms with van der Waals surface area (Å²) in [5.41, 5.74) is 1.85. The maximum Gasteiger partial charge on any atom is 0.229 e. The number of ether oxygens (including phenoxy) is 1. The normalized spacial score (nSPS) is 10.4. The van der Waals surface area contributed by atoms with Gasteiger partial charge in [0.2, 0.25) is 5.95 Å². The lowest BCUT2D eigenvalue weighted by Crippen LogP contribution is -2.04. The third-order valence-corrected chi connectivity index (χ3v) is 3.84. The Bertz CT molecular complexity index is 836. The number of anilines is 3. The van der Waals surface area contributed by atoms with Crippen molar-refractivity contribution in [2.24, 2.45) is 0 Å². The molecule has 1 aromatic heterocycles. The molecule has 0 radical (unpaired) electrons. The van der Waals surface area contributed by atoms with Crippen LogP contribution in [0.3, 0.4) is 0 Å².